The number of benzene rings is 1. The van der Waals surface area contributed by atoms with Crippen molar-refractivity contribution >= 4 is 21.9 Å². The molecule has 0 bridgehead atoms. The van der Waals surface area contributed by atoms with Gasteiger partial charge in [0.05, 0.1) is 0 Å². The Morgan fingerprint density at radius 3 is 2.89 bits per heavy atom. The van der Waals surface area contributed by atoms with Crippen molar-refractivity contribution < 1.29 is 0 Å². The zero-order chi connectivity index (χ0) is 12.4. The Labute approximate surface area is 115 Å². The number of anilines is 1. The van der Waals surface area contributed by atoms with Crippen LogP contribution in [0.5, 0.6) is 0 Å². The molecule has 0 atom stereocenters. The molecular weight excluding hydrogens is 290 g/mol. The predicted octanol–water partition coefficient (Wildman–Crippen LogP) is 3.99. The molecule has 2 aromatic rings. The Morgan fingerprint density at radius 2 is 2.11 bits per heavy atom. The standard InChI is InChI=1S/C14H16BrN3/c15-11-4-3-7-13(10-11)18-9-8-16-14(18)17-12-5-1-2-6-12/h3-4,7-10,12H,1-2,5-6H2,(H,16,17). The third-order valence-electron chi connectivity index (χ3n) is 3.42. The monoisotopic (exact) mass is 305 g/mol. The number of nitrogens with zero attached hydrogens (tertiary/aromatic N) is 2. The first-order valence-electron chi connectivity index (χ1n) is 6.39. The molecule has 1 saturated carbocycles. The molecule has 3 nitrogen and oxygen atoms in total. The summed E-state index contributed by atoms with van der Waals surface area (Å²) >= 11 is 3.51. The molecule has 1 aromatic heterocycles. The van der Waals surface area contributed by atoms with Gasteiger partial charge in [0, 0.05) is 28.6 Å². The van der Waals surface area contributed by atoms with Crippen molar-refractivity contribution in [2.24, 2.45) is 0 Å². The van der Waals surface area contributed by atoms with Crippen LogP contribution in [0, 0.1) is 0 Å². The van der Waals surface area contributed by atoms with Gasteiger partial charge >= 0.3 is 0 Å². The summed E-state index contributed by atoms with van der Waals surface area (Å²) in [6, 6.07) is 8.84. The van der Waals surface area contributed by atoms with Crippen molar-refractivity contribution in [1.29, 1.82) is 0 Å². The van der Waals surface area contributed by atoms with E-state index in [0.29, 0.717) is 6.04 Å². The summed E-state index contributed by atoms with van der Waals surface area (Å²) in [5, 5.41) is 3.54. The van der Waals surface area contributed by atoms with Crippen LogP contribution in [-0.2, 0) is 0 Å². The minimum Gasteiger partial charge on any atom is -0.353 e. The average molecular weight is 306 g/mol. The van der Waals surface area contributed by atoms with Gasteiger partial charge in [-0.25, -0.2) is 4.98 Å². The fourth-order valence-electron chi connectivity index (χ4n) is 2.50. The first kappa shape index (κ1) is 11.8. The second-order valence-electron chi connectivity index (χ2n) is 4.73. The minimum absolute atomic E-state index is 0.582. The van der Waals surface area contributed by atoms with E-state index in [-0.39, 0.29) is 0 Å². The van der Waals surface area contributed by atoms with Gasteiger partial charge in [-0.05, 0) is 31.0 Å². The van der Waals surface area contributed by atoms with Crippen molar-refractivity contribution in [1.82, 2.24) is 9.55 Å². The van der Waals surface area contributed by atoms with Crippen LogP contribution in [0.2, 0.25) is 0 Å². The van der Waals surface area contributed by atoms with Gasteiger partial charge in [-0.2, -0.15) is 0 Å². The lowest BCUT2D eigenvalue weighted by molar-refractivity contribution is 0.740. The topological polar surface area (TPSA) is 29.9 Å². The molecule has 1 aliphatic carbocycles. The first-order valence-corrected chi connectivity index (χ1v) is 7.18. The van der Waals surface area contributed by atoms with Crippen LogP contribution in [0.15, 0.2) is 41.1 Å². The van der Waals surface area contributed by atoms with Gasteiger partial charge in [0.2, 0.25) is 5.95 Å². The van der Waals surface area contributed by atoms with Crippen molar-refractivity contribution in [3.63, 3.8) is 0 Å². The molecule has 0 aliphatic heterocycles. The maximum atomic E-state index is 4.42. The molecule has 0 saturated heterocycles. The summed E-state index contributed by atoms with van der Waals surface area (Å²) in [6.07, 6.45) is 9.01. The summed E-state index contributed by atoms with van der Waals surface area (Å²) in [7, 11) is 0. The number of hydrogen-bond acceptors (Lipinski definition) is 2. The fourth-order valence-corrected chi connectivity index (χ4v) is 2.88. The number of rotatable bonds is 3. The molecule has 1 fully saturated rings. The van der Waals surface area contributed by atoms with Gasteiger partial charge < -0.3 is 5.32 Å². The molecule has 0 unspecified atom stereocenters. The lowest BCUT2D eigenvalue weighted by Crippen LogP contribution is -2.17. The van der Waals surface area contributed by atoms with E-state index in [9.17, 15) is 0 Å². The molecule has 0 amide bonds. The average Bonchev–Trinajstić information content (AvgIpc) is 3.01. The molecule has 1 N–H and O–H groups in total. The molecule has 3 rings (SSSR count). The van der Waals surface area contributed by atoms with E-state index in [1.807, 2.05) is 24.5 Å². The largest absolute Gasteiger partial charge is 0.353 e. The van der Waals surface area contributed by atoms with E-state index >= 15 is 0 Å². The SMILES string of the molecule is Brc1cccc(-n2ccnc2NC2CCCC2)c1. The van der Waals surface area contributed by atoms with Crippen LogP contribution in [0.3, 0.4) is 0 Å². The molecule has 4 heteroatoms. The second-order valence-corrected chi connectivity index (χ2v) is 5.64. The molecule has 0 spiro atoms. The number of nitrogens with one attached hydrogen (secondary N) is 1. The van der Waals surface area contributed by atoms with Crippen LogP contribution in [0.1, 0.15) is 25.7 Å². The number of hydrogen-bond donors (Lipinski definition) is 1. The van der Waals surface area contributed by atoms with Gasteiger partial charge in [0.15, 0.2) is 0 Å². The highest BCUT2D eigenvalue weighted by molar-refractivity contribution is 9.10. The van der Waals surface area contributed by atoms with Gasteiger partial charge in [-0.3, -0.25) is 4.57 Å². The van der Waals surface area contributed by atoms with E-state index in [0.717, 1.165) is 16.1 Å². The maximum absolute atomic E-state index is 4.42. The lowest BCUT2D eigenvalue weighted by atomic mass is 10.2. The third kappa shape index (κ3) is 2.43. The number of imidazole rings is 1. The van der Waals surface area contributed by atoms with Gasteiger partial charge in [-0.15, -0.1) is 0 Å². The third-order valence-corrected chi connectivity index (χ3v) is 3.91. The zero-order valence-electron chi connectivity index (χ0n) is 10.1. The van der Waals surface area contributed by atoms with E-state index in [1.165, 1.54) is 25.7 Å². The molecule has 0 radical (unpaired) electrons. The molecule has 94 valence electrons. The van der Waals surface area contributed by atoms with E-state index in [4.69, 9.17) is 0 Å². The predicted molar refractivity (Wildman–Crippen MR) is 77.1 cm³/mol. The van der Waals surface area contributed by atoms with Gasteiger partial charge in [-0.1, -0.05) is 34.8 Å². The number of aromatic nitrogens is 2. The van der Waals surface area contributed by atoms with Crippen LogP contribution in [0.25, 0.3) is 5.69 Å². The smallest absolute Gasteiger partial charge is 0.207 e. The molecule has 1 heterocycles. The highest BCUT2D eigenvalue weighted by Crippen LogP contribution is 2.24. The molecular formula is C14H16BrN3. The Balaban J connectivity index is 1.86. The van der Waals surface area contributed by atoms with E-state index < -0.39 is 0 Å². The van der Waals surface area contributed by atoms with Crippen molar-refractivity contribution in [2.45, 2.75) is 31.7 Å². The molecule has 1 aromatic carbocycles. The van der Waals surface area contributed by atoms with Crippen LogP contribution in [-0.4, -0.2) is 15.6 Å². The maximum Gasteiger partial charge on any atom is 0.207 e. The van der Waals surface area contributed by atoms with Gasteiger partial charge in [0.1, 0.15) is 0 Å². The quantitative estimate of drug-likeness (QED) is 0.929. The van der Waals surface area contributed by atoms with Crippen LogP contribution < -0.4 is 5.32 Å². The van der Waals surface area contributed by atoms with Crippen molar-refractivity contribution in [3.05, 3.63) is 41.1 Å². The van der Waals surface area contributed by atoms with E-state index in [1.54, 1.807) is 0 Å². The highest BCUT2D eigenvalue weighted by atomic mass is 79.9. The Bertz CT molecular complexity index is 529. The number of halogens is 1. The van der Waals surface area contributed by atoms with Crippen LogP contribution in [0.4, 0.5) is 5.95 Å². The Kier molecular flexibility index (Phi) is 3.37. The van der Waals surface area contributed by atoms with Crippen LogP contribution >= 0.6 is 15.9 Å². The summed E-state index contributed by atoms with van der Waals surface area (Å²) in [5.74, 6) is 0.944. The lowest BCUT2D eigenvalue weighted by Gasteiger charge is -2.14. The summed E-state index contributed by atoms with van der Waals surface area (Å²) in [4.78, 5) is 4.42. The van der Waals surface area contributed by atoms with Gasteiger partial charge in [0.25, 0.3) is 0 Å². The van der Waals surface area contributed by atoms with Crippen molar-refractivity contribution in [3.8, 4) is 5.69 Å². The summed E-state index contributed by atoms with van der Waals surface area (Å²) in [6.45, 7) is 0. The molecule has 18 heavy (non-hydrogen) atoms. The summed E-state index contributed by atoms with van der Waals surface area (Å²) < 4.78 is 3.18. The van der Waals surface area contributed by atoms with Crippen molar-refractivity contribution in [2.75, 3.05) is 5.32 Å². The Morgan fingerprint density at radius 1 is 1.28 bits per heavy atom. The second kappa shape index (κ2) is 5.14. The molecule has 1 aliphatic rings. The summed E-state index contributed by atoms with van der Waals surface area (Å²) in [5.41, 5.74) is 1.13. The zero-order valence-corrected chi connectivity index (χ0v) is 11.7. The first-order chi connectivity index (χ1) is 8.83. The fraction of sp³-hybridized carbons (Fsp3) is 0.357. The minimum atomic E-state index is 0.582. The normalized spacial score (nSPS) is 16.1. The highest BCUT2D eigenvalue weighted by Gasteiger charge is 2.16. The van der Waals surface area contributed by atoms with E-state index in [2.05, 4.69) is 42.9 Å². The Hall–Kier alpha value is -1.29.